The number of ether oxygens (including phenoxy) is 3. The molecule has 28 heavy (non-hydrogen) atoms. The largest absolute Gasteiger partial charge is 0.493 e. The van der Waals surface area contributed by atoms with Gasteiger partial charge in [0.25, 0.3) is 5.56 Å². The molecule has 0 radical (unpaired) electrons. The Hall–Kier alpha value is -3.37. The predicted molar refractivity (Wildman–Crippen MR) is 96.6 cm³/mol. The third-order valence-corrected chi connectivity index (χ3v) is 4.11. The Labute approximate surface area is 158 Å². The highest BCUT2D eigenvalue weighted by molar-refractivity contribution is 6.07. The molecule has 2 heterocycles. The number of nitrogens with one attached hydrogen (secondary N) is 1. The normalized spacial score (nSPS) is 14.1. The van der Waals surface area contributed by atoms with Crippen molar-refractivity contribution in [1.29, 1.82) is 0 Å². The number of aromatic carboxylic acids is 2. The second kappa shape index (κ2) is 8.11. The average molecular weight is 390 g/mol. The number of carbonyl (C=O) groups is 2. The zero-order valence-corrected chi connectivity index (χ0v) is 14.6. The number of benzene rings is 1. The molecule has 1 aliphatic heterocycles. The molecule has 0 amide bonds. The minimum absolute atomic E-state index is 0.179. The topological polar surface area (TPSA) is 161 Å². The molecule has 148 valence electrons. The number of carboxylic acids is 2. The molecule has 0 atom stereocenters. The van der Waals surface area contributed by atoms with Crippen LogP contribution >= 0.6 is 0 Å². The van der Waals surface area contributed by atoms with Crippen molar-refractivity contribution in [2.24, 2.45) is 0 Å². The summed E-state index contributed by atoms with van der Waals surface area (Å²) in [6.45, 7) is 1.32. The van der Waals surface area contributed by atoms with E-state index < -0.39 is 34.4 Å². The molecule has 1 aromatic carbocycles. The van der Waals surface area contributed by atoms with Crippen LogP contribution in [-0.4, -0.2) is 53.2 Å². The molecule has 5 N–H and O–H groups in total. The maximum atomic E-state index is 12.1. The van der Waals surface area contributed by atoms with E-state index in [0.717, 1.165) is 0 Å². The fourth-order valence-electron chi connectivity index (χ4n) is 2.92. The number of nitrogen functional groups attached to an aromatic ring is 1. The van der Waals surface area contributed by atoms with Crippen molar-refractivity contribution in [3.63, 3.8) is 0 Å². The van der Waals surface area contributed by atoms with E-state index in [0.29, 0.717) is 25.4 Å². The van der Waals surface area contributed by atoms with E-state index in [-0.39, 0.29) is 24.0 Å². The third kappa shape index (κ3) is 3.97. The van der Waals surface area contributed by atoms with Gasteiger partial charge in [0.05, 0.1) is 19.8 Å². The van der Waals surface area contributed by atoms with E-state index in [2.05, 4.69) is 4.98 Å². The van der Waals surface area contributed by atoms with E-state index in [1.165, 1.54) is 12.1 Å². The van der Waals surface area contributed by atoms with Gasteiger partial charge < -0.3 is 35.1 Å². The number of hydrogen-bond acceptors (Lipinski definition) is 7. The van der Waals surface area contributed by atoms with Gasteiger partial charge in [0, 0.05) is 12.0 Å². The van der Waals surface area contributed by atoms with Crippen LogP contribution in [0.4, 0.5) is 5.82 Å². The number of aromatic amines is 1. The standard InChI is InChI=1S/C18H18N2O8/c19-15-13(17(22)23)12(14(18(24)25)16(21)20-15)9-2-1-3-10(8-9)26-5-4-11-27-6-7-28-11/h1-3,8,11H,4-7H2,(H,22,23)(H,24,25)(H3,19,20,21). The molecule has 1 fully saturated rings. The Morgan fingerprint density at radius 2 is 1.86 bits per heavy atom. The van der Waals surface area contributed by atoms with Gasteiger partial charge in [-0.05, 0) is 17.7 Å². The molecular formula is C18H18N2O8. The summed E-state index contributed by atoms with van der Waals surface area (Å²) in [5.74, 6) is -3.10. The molecule has 2 aromatic rings. The Balaban J connectivity index is 1.97. The molecular weight excluding hydrogens is 372 g/mol. The maximum Gasteiger partial charge on any atom is 0.342 e. The number of carboxylic acid groups (broad SMARTS) is 2. The molecule has 0 bridgehead atoms. The van der Waals surface area contributed by atoms with Crippen molar-refractivity contribution in [2.45, 2.75) is 12.7 Å². The highest BCUT2D eigenvalue weighted by Gasteiger charge is 2.26. The first-order valence-corrected chi connectivity index (χ1v) is 8.37. The lowest BCUT2D eigenvalue weighted by atomic mass is 9.95. The van der Waals surface area contributed by atoms with Crippen LogP contribution in [0.3, 0.4) is 0 Å². The minimum Gasteiger partial charge on any atom is -0.493 e. The average Bonchev–Trinajstić information content (AvgIpc) is 3.14. The molecule has 0 unspecified atom stereocenters. The number of rotatable bonds is 7. The van der Waals surface area contributed by atoms with Gasteiger partial charge in [-0.3, -0.25) is 4.79 Å². The van der Waals surface area contributed by atoms with Gasteiger partial charge >= 0.3 is 11.9 Å². The lowest BCUT2D eigenvalue weighted by Gasteiger charge is -2.14. The van der Waals surface area contributed by atoms with Crippen LogP contribution < -0.4 is 16.0 Å². The third-order valence-electron chi connectivity index (χ3n) is 4.11. The van der Waals surface area contributed by atoms with Gasteiger partial charge in [0.1, 0.15) is 22.7 Å². The van der Waals surface area contributed by atoms with Crippen molar-refractivity contribution in [1.82, 2.24) is 4.98 Å². The summed E-state index contributed by atoms with van der Waals surface area (Å²) in [4.78, 5) is 37.4. The molecule has 0 aliphatic carbocycles. The van der Waals surface area contributed by atoms with Crippen LogP contribution in [0.5, 0.6) is 5.75 Å². The molecule has 10 nitrogen and oxygen atoms in total. The second-order valence-electron chi connectivity index (χ2n) is 5.94. The Kier molecular flexibility index (Phi) is 5.62. The SMILES string of the molecule is Nc1[nH]c(=O)c(C(=O)O)c(-c2cccc(OCCC3OCCO3)c2)c1C(=O)O. The zero-order valence-electron chi connectivity index (χ0n) is 14.6. The molecule has 3 rings (SSSR count). The monoisotopic (exact) mass is 390 g/mol. The Bertz CT molecular complexity index is 963. The molecule has 1 aliphatic rings. The van der Waals surface area contributed by atoms with E-state index in [9.17, 15) is 24.6 Å². The summed E-state index contributed by atoms with van der Waals surface area (Å²) in [6.07, 6.45) is 0.149. The molecule has 10 heteroatoms. The highest BCUT2D eigenvalue weighted by atomic mass is 16.7. The van der Waals surface area contributed by atoms with Gasteiger partial charge in [-0.2, -0.15) is 0 Å². The molecule has 0 saturated carbocycles. The molecule has 1 aromatic heterocycles. The number of aromatic nitrogens is 1. The second-order valence-corrected chi connectivity index (χ2v) is 5.94. The minimum atomic E-state index is -1.57. The number of H-pyrrole nitrogens is 1. The zero-order chi connectivity index (χ0) is 20.3. The maximum absolute atomic E-state index is 12.1. The van der Waals surface area contributed by atoms with E-state index in [1.807, 2.05) is 0 Å². The van der Waals surface area contributed by atoms with E-state index in [4.69, 9.17) is 19.9 Å². The summed E-state index contributed by atoms with van der Waals surface area (Å²) in [6, 6.07) is 6.10. The van der Waals surface area contributed by atoms with Crippen molar-refractivity contribution >= 4 is 17.8 Å². The van der Waals surface area contributed by atoms with E-state index >= 15 is 0 Å². The summed E-state index contributed by atoms with van der Waals surface area (Å²) in [7, 11) is 0. The van der Waals surface area contributed by atoms with Crippen molar-refractivity contribution in [2.75, 3.05) is 25.6 Å². The fraction of sp³-hybridized carbons (Fsp3) is 0.278. The van der Waals surface area contributed by atoms with Gasteiger partial charge in [-0.25, -0.2) is 9.59 Å². The Morgan fingerprint density at radius 1 is 1.18 bits per heavy atom. The molecule has 0 spiro atoms. The van der Waals surface area contributed by atoms with Crippen molar-refractivity contribution < 1.29 is 34.0 Å². The number of pyridine rings is 1. The van der Waals surface area contributed by atoms with Gasteiger partial charge in [-0.15, -0.1) is 0 Å². The van der Waals surface area contributed by atoms with Crippen LogP contribution in [0, 0.1) is 0 Å². The van der Waals surface area contributed by atoms with E-state index in [1.54, 1.807) is 12.1 Å². The number of nitrogens with two attached hydrogens (primary N) is 1. The summed E-state index contributed by atoms with van der Waals surface area (Å²) < 4.78 is 16.2. The first-order chi connectivity index (χ1) is 13.4. The van der Waals surface area contributed by atoms with Crippen LogP contribution in [-0.2, 0) is 9.47 Å². The quantitative estimate of drug-likeness (QED) is 0.543. The van der Waals surface area contributed by atoms with Gasteiger partial charge in [0.15, 0.2) is 6.29 Å². The number of anilines is 1. The summed E-state index contributed by atoms with van der Waals surface area (Å²) >= 11 is 0. The first kappa shape index (κ1) is 19.4. The van der Waals surface area contributed by atoms with Gasteiger partial charge in [0.2, 0.25) is 0 Å². The molecule has 1 saturated heterocycles. The lowest BCUT2D eigenvalue weighted by molar-refractivity contribution is -0.0531. The Morgan fingerprint density at radius 3 is 2.50 bits per heavy atom. The van der Waals surface area contributed by atoms with Crippen molar-refractivity contribution in [3.8, 4) is 16.9 Å². The first-order valence-electron chi connectivity index (χ1n) is 8.37. The summed E-state index contributed by atoms with van der Waals surface area (Å²) in [5.41, 5.74) is 3.32. The van der Waals surface area contributed by atoms with Gasteiger partial charge in [-0.1, -0.05) is 12.1 Å². The van der Waals surface area contributed by atoms with Crippen LogP contribution in [0.2, 0.25) is 0 Å². The van der Waals surface area contributed by atoms with Crippen LogP contribution in [0.25, 0.3) is 11.1 Å². The van der Waals surface area contributed by atoms with Crippen molar-refractivity contribution in [3.05, 3.63) is 45.7 Å². The number of hydrogen-bond donors (Lipinski definition) is 4. The lowest BCUT2D eigenvalue weighted by Crippen LogP contribution is -2.24. The van der Waals surface area contributed by atoms with Crippen LogP contribution in [0.15, 0.2) is 29.1 Å². The highest BCUT2D eigenvalue weighted by Crippen LogP contribution is 2.31. The van der Waals surface area contributed by atoms with Crippen LogP contribution in [0.1, 0.15) is 27.1 Å². The smallest absolute Gasteiger partial charge is 0.342 e. The predicted octanol–water partition coefficient (Wildman–Crippen LogP) is 1.16. The summed E-state index contributed by atoms with van der Waals surface area (Å²) in [5, 5.41) is 18.9. The fourth-order valence-corrected chi connectivity index (χ4v) is 2.92.